The Morgan fingerprint density at radius 2 is 2.07 bits per heavy atom. The first-order valence-electron chi connectivity index (χ1n) is 8.97. The average Bonchev–Trinajstić information content (AvgIpc) is 3.31. The number of hydrogen-bond donors (Lipinski definition) is 1. The number of nitrogen functional groups attached to an aromatic ring is 1. The fraction of sp³-hybridized carbons (Fsp3) is 0.588. The molecule has 2 N–H and O–H groups in total. The first-order valence-corrected chi connectivity index (χ1v) is 10.7. The molecule has 3 rings (SSSR count). The van der Waals surface area contributed by atoms with Gasteiger partial charge >= 0.3 is 13.6 Å². The fourth-order valence-electron chi connectivity index (χ4n) is 2.52. The number of imidazole rings is 1. The Hall–Kier alpha value is -2.07. The van der Waals surface area contributed by atoms with Gasteiger partial charge in [-0.3, -0.25) is 13.9 Å². The summed E-state index contributed by atoms with van der Waals surface area (Å²) in [6, 6.07) is 0. The molecule has 1 aliphatic carbocycles. The van der Waals surface area contributed by atoms with E-state index in [9.17, 15) is 9.36 Å². The molecule has 1 fully saturated rings. The quantitative estimate of drug-likeness (QED) is 0.361. The van der Waals surface area contributed by atoms with Crippen molar-refractivity contribution in [2.24, 2.45) is 5.41 Å². The third-order valence-corrected chi connectivity index (χ3v) is 5.81. The number of ether oxygens (including phenoxy) is 2. The molecule has 2 heterocycles. The molecule has 29 heavy (non-hydrogen) atoms. The Morgan fingerprint density at radius 3 is 2.69 bits per heavy atom. The molecule has 2 aromatic rings. The zero-order chi connectivity index (χ0) is 21.3. The van der Waals surface area contributed by atoms with E-state index in [4.69, 9.17) is 24.3 Å². The Balaban J connectivity index is 1.58. The van der Waals surface area contributed by atoms with Crippen molar-refractivity contribution in [2.75, 3.05) is 18.9 Å². The van der Waals surface area contributed by atoms with Gasteiger partial charge in [0, 0.05) is 0 Å². The van der Waals surface area contributed by atoms with Gasteiger partial charge in [-0.25, -0.2) is 15.0 Å². The van der Waals surface area contributed by atoms with E-state index >= 15 is 0 Å². The number of aromatic nitrogens is 4. The molecule has 0 spiro atoms. The van der Waals surface area contributed by atoms with Gasteiger partial charge in [-0.1, -0.05) is 0 Å². The molecular weight excluding hydrogens is 401 g/mol. The summed E-state index contributed by atoms with van der Waals surface area (Å²) in [5.41, 5.74) is 5.66. The normalized spacial score (nSPS) is 17.8. The molecular formula is C17H25N5O6P. The van der Waals surface area contributed by atoms with Gasteiger partial charge in [0.15, 0.2) is 11.5 Å². The molecule has 1 radical (unpaired) electrons. The summed E-state index contributed by atoms with van der Waals surface area (Å²) in [6.45, 7) is 5.03. The second-order valence-electron chi connectivity index (χ2n) is 7.93. The SMILES string of the molecule is [CH2]OP(=O)(COC1(Cn2cnc3c(N)ncnc32)CC1)OCOC(=O)C(C)(C)C. The van der Waals surface area contributed by atoms with Gasteiger partial charge in [-0.05, 0) is 33.6 Å². The third-order valence-electron chi connectivity index (χ3n) is 4.47. The summed E-state index contributed by atoms with van der Waals surface area (Å²) in [6.07, 6.45) is 4.16. The maximum atomic E-state index is 12.7. The lowest BCUT2D eigenvalue weighted by atomic mass is 9.98. The zero-order valence-corrected chi connectivity index (χ0v) is 17.6. The van der Waals surface area contributed by atoms with E-state index in [0.717, 1.165) is 12.8 Å². The van der Waals surface area contributed by atoms with Crippen molar-refractivity contribution in [3.8, 4) is 0 Å². The van der Waals surface area contributed by atoms with Crippen LogP contribution in [-0.4, -0.2) is 44.2 Å². The number of carbonyl (C=O) groups is 1. The van der Waals surface area contributed by atoms with E-state index in [0.29, 0.717) is 23.5 Å². The van der Waals surface area contributed by atoms with Crippen LogP contribution in [0.15, 0.2) is 12.7 Å². The van der Waals surface area contributed by atoms with Crippen LogP contribution in [0.1, 0.15) is 33.6 Å². The molecule has 11 nitrogen and oxygen atoms in total. The molecule has 1 atom stereocenters. The number of nitrogens with two attached hydrogens (primary N) is 1. The van der Waals surface area contributed by atoms with Crippen molar-refractivity contribution in [2.45, 2.75) is 45.8 Å². The van der Waals surface area contributed by atoms with Crippen LogP contribution in [0, 0.1) is 12.5 Å². The topological polar surface area (TPSA) is 141 Å². The summed E-state index contributed by atoms with van der Waals surface area (Å²) >= 11 is 0. The molecule has 2 aromatic heterocycles. The van der Waals surface area contributed by atoms with Crippen molar-refractivity contribution in [3.05, 3.63) is 19.8 Å². The van der Waals surface area contributed by atoms with E-state index in [1.165, 1.54) is 6.33 Å². The van der Waals surface area contributed by atoms with Crippen LogP contribution in [0.4, 0.5) is 5.82 Å². The van der Waals surface area contributed by atoms with Crippen LogP contribution in [-0.2, 0) is 34.4 Å². The van der Waals surface area contributed by atoms with Crippen molar-refractivity contribution in [1.29, 1.82) is 0 Å². The lowest BCUT2D eigenvalue weighted by Gasteiger charge is -2.22. The smallest absolute Gasteiger partial charge is 0.359 e. The van der Waals surface area contributed by atoms with Crippen molar-refractivity contribution < 1.29 is 27.9 Å². The van der Waals surface area contributed by atoms with Crippen LogP contribution in [0.5, 0.6) is 0 Å². The van der Waals surface area contributed by atoms with Gasteiger partial charge in [0.05, 0.1) is 31.0 Å². The minimum atomic E-state index is -3.69. The molecule has 1 saturated carbocycles. The molecule has 0 saturated heterocycles. The van der Waals surface area contributed by atoms with Crippen molar-refractivity contribution in [1.82, 2.24) is 19.5 Å². The highest BCUT2D eigenvalue weighted by Crippen LogP contribution is 2.52. The van der Waals surface area contributed by atoms with Crippen LogP contribution in [0.3, 0.4) is 0 Å². The minimum absolute atomic E-state index is 0.299. The van der Waals surface area contributed by atoms with Gasteiger partial charge in [0.1, 0.15) is 18.2 Å². The number of rotatable bonds is 9. The second-order valence-corrected chi connectivity index (χ2v) is 9.93. The van der Waals surface area contributed by atoms with E-state index in [1.807, 2.05) is 4.57 Å². The fourth-order valence-corrected chi connectivity index (χ4v) is 3.39. The van der Waals surface area contributed by atoms with E-state index in [1.54, 1.807) is 27.1 Å². The standard InChI is InChI=1S/C17H25N5O6P/c1-16(2,3)15(23)26-10-28-29(24,25-4)11-27-17(5-6-17)7-22-9-21-12-13(18)19-8-20-14(12)22/h8-9H,4-7,10-11H2,1-3H3,(H2,18,19,20). The number of fused-ring (bicyclic) bond motifs is 1. The lowest BCUT2D eigenvalue weighted by molar-refractivity contribution is -0.160. The molecule has 12 heteroatoms. The van der Waals surface area contributed by atoms with E-state index in [2.05, 4.69) is 22.1 Å². The van der Waals surface area contributed by atoms with Crippen molar-refractivity contribution in [3.63, 3.8) is 0 Å². The van der Waals surface area contributed by atoms with Gasteiger partial charge in [-0.15, -0.1) is 0 Å². The number of esters is 1. The summed E-state index contributed by atoms with van der Waals surface area (Å²) in [7, 11) is -0.495. The molecule has 0 bridgehead atoms. The summed E-state index contributed by atoms with van der Waals surface area (Å²) < 4.78 is 35.2. The Kier molecular flexibility index (Phi) is 5.96. The molecule has 159 valence electrons. The van der Waals surface area contributed by atoms with Crippen LogP contribution >= 0.6 is 7.60 Å². The van der Waals surface area contributed by atoms with Crippen LogP contribution < -0.4 is 5.73 Å². The number of carbonyl (C=O) groups excluding carboxylic acids is 1. The van der Waals surface area contributed by atoms with Gasteiger partial charge in [0.2, 0.25) is 6.79 Å². The van der Waals surface area contributed by atoms with Gasteiger partial charge in [0.25, 0.3) is 0 Å². The summed E-state index contributed by atoms with van der Waals surface area (Å²) in [4.78, 5) is 24.1. The highest BCUT2D eigenvalue weighted by atomic mass is 31.2. The maximum absolute atomic E-state index is 12.7. The van der Waals surface area contributed by atoms with Crippen molar-refractivity contribution >= 4 is 30.5 Å². The van der Waals surface area contributed by atoms with E-state index in [-0.39, 0.29) is 6.35 Å². The number of hydrogen-bond acceptors (Lipinski definition) is 10. The third kappa shape index (κ3) is 5.11. The highest BCUT2D eigenvalue weighted by Gasteiger charge is 2.46. The first-order chi connectivity index (χ1) is 13.6. The number of anilines is 1. The summed E-state index contributed by atoms with van der Waals surface area (Å²) in [5.74, 6) is -0.186. The predicted molar refractivity (Wildman–Crippen MR) is 103 cm³/mol. The monoisotopic (exact) mass is 426 g/mol. The number of nitrogens with zero attached hydrogens (tertiary/aromatic N) is 4. The first kappa shape index (κ1) is 21.6. The molecule has 0 aromatic carbocycles. The molecule has 0 amide bonds. The van der Waals surface area contributed by atoms with Gasteiger partial charge in [-0.2, -0.15) is 0 Å². The molecule has 0 aliphatic heterocycles. The van der Waals surface area contributed by atoms with E-state index < -0.39 is 31.4 Å². The average molecular weight is 426 g/mol. The van der Waals surface area contributed by atoms with Crippen LogP contribution in [0.25, 0.3) is 11.2 Å². The lowest BCUT2D eigenvalue weighted by Crippen LogP contribution is -2.25. The Labute approximate surface area is 168 Å². The van der Waals surface area contributed by atoms with Gasteiger partial charge < -0.3 is 24.3 Å². The minimum Gasteiger partial charge on any atom is -0.438 e. The maximum Gasteiger partial charge on any atom is 0.359 e. The van der Waals surface area contributed by atoms with Crippen LogP contribution in [0.2, 0.25) is 0 Å². The highest BCUT2D eigenvalue weighted by molar-refractivity contribution is 7.53. The zero-order valence-electron chi connectivity index (χ0n) is 16.7. The second kappa shape index (κ2) is 7.98. The predicted octanol–water partition coefficient (Wildman–Crippen LogP) is 2.48. The largest absolute Gasteiger partial charge is 0.438 e. The Morgan fingerprint density at radius 1 is 1.34 bits per heavy atom. The Bertz CT molecular complexity index is 936. The summed E-state index contributed by atoms with van der Waals surface area (Å²) in [5, 5.41) is 0. The molecule has 1 aliphatic rings. The molecule has 1 unspecified atom stereocenters.